The van der Waals surface area contributed by atoms with E-state index in [1.807, 2.05) is 48.5 Å². The van der Waals surface area contributed by atoms with E-state index in [0.29, 0.717) is 37.3 Å². The summed E-state index contributed by atoms with van der Waals surface area (Å²) in [6.07, 6.45) is 6.42. The fourth-order valence-electron chi connectivity index (χ4n) is 7.13. The second-order valence-electron chi connectivity index (χ2n) is 13.3. The van der Waals surface area contributed by atoms with Gasteiger partial charge in [-0.05, 0) is 110 Å². The number of hydrogen-bond donors (Lipinski definition) is 3. The third-order valence-electron chi connectivity index (χ3n) is 9.92. The van der Waals surface area contributed by atoms with E-state index in [9.17, 15) is 14.4 Å². The Kier molecular flexibility index (Phi) is 11.4. The molecule has 11 heteroatoms. The number of benzene rings is 2. The maximum atomic E-state index is 13.9. The molecule has 252 valence electrons. The number of carbonyl (C=O) groups is 3. The standard InChI is InChI=1S/C36H45IN4O6/c37-29-8-9-31-28(21-29)22-32(46-31)47-35(44)40-36(14-4-5-15-36)34(43)39-30(20-25-6-2-1-3-7-25)33(42)38-23-26-10-16-41(17-11-26)24-27-12-18-45-19-13-27/h1-3,6-9,21-22,26-27,30H,4-5,10-20,23-24H2,(H,38,42)(H,39,43)(H,40,44)/t30-/m1/s1. The van der Waals surface area contributed by atoms with Gasteiger partial charge in [-0.1, -0.05) is 43.2 Å². The molecule has 10 nitrogen and oxygen atoms in total. The van der Waals surface area contributed by atoms with Crippen molar-refractivity contribution in [2.75, 3.05) is 39.4 Å². The van der Waals surface area contributed by atoms with Crippen molar-refractivity contribution in [2.45, 2.75) is 69.4 Å². The fraction of sp³-hybridized carbons (Fsp3) is 0.528. The molecule has 3 fully saturated rings. The highest BCUT2D eigenvalue weighted by Crippen LogP contribution is 2.31. The normalized spacial score (nSPS) is 19.7. The molecule has 0 radical (unpaired) electrons. The zero-order valence-corrected chi connectivity index (χ0v) is 29.0. The van der Waals surface area contributed by atoms with Crippen molar-refractivity contribution in [1.29, 1.82) is 0 Å². The zero-order valence-electron chi connectivity index (χ0n) is 26.8. The largest absolute Gasteiger partial charge is 0.425 e. The van der Waals surface area contributed by atoms with Gasteiger partial charge in [0.25, 0.3) is 5.95 Å². The van der Waals surface area contributed by atoms with Crippen LogP contribution in [0.5, 0.6) is 5.95 Å². The molecule has 2 saturated heterocycles. The Morgan fingerprint density at radius 3 is 2.45 bits per heavy atom. The second kappa shape index (κ2) is 15.8. The third kappa shape index (κ3) is 9.05. The highest BCUT2D eigenvalue weighted by atomic mass is 127. The molecule has 0 bridgehead atoms. The topological polar surface area (TPSA) is 122 Å². The summed E-state index contributed by atoms with van der Waals surface area (Å²) in [5, 5.41) is 9.84. The van der Waals surface area contributed by atoms with E-state index in [1.165, 1.54) is 0 Å². The Morgan fingerprint density at radius 1 is 0.957 bits per heavy atom. The monoisotopic (exact) mass is 756 g/mol. The number of furan rings is 1. The summed E-state index contributed by atoms with van der Waals surface area (Å²) in [5.41, 5.74) is 0.379. The van der Waals surface area contributed by atoms with Gasteiger partial charge in [-0.3, -0.25) is 9.59 Å². The minimum absolute atomic E-state index is 0.0591. The Morgan fingerprint density at radius 2 is 1.70 bits per heavy atom. The number of hydrogen-bond acceptors (Lipinski definition) is 7. The fourth-order valence-corrected chi connectivity index (χ4v) is 7.65. The van der Waals surface area contributed by atoms with Crippen LogP contribution in [0.1, 0.15) is 56.9 Å². The van der Waals surface area contributed by atoms with Crippen molar-refractivity contribution < 1.29 is 28.3 Å². The lowest BCUT2D eigenvalue weighted by molar-refractivity contribution is -0.132. The summed E-state index contributed by atoms with van der Waals surface area (Å²) in [4.78, 5) is 43.3. The predicted octanol–water partition coefficient (Wildman–Crippen LogP) is 5.42. The van der Waals surface area contributed by atoms with Gasteiger partial charge < -0.3 is 34.7 Å². The molecule has 3 amide bonds. The summed E-state index contributed by atoms with van der Waals surface area (Å²) in [5.74, 6) is 0.598. The average molecular weight is 757 g/mol. The highest BCUT2D eigenvalue weighted by Gasteiger charge is 2.44. The van der Waals surface area contributed by atoms with Gasteiger partial charge >= 0.3 is 6.09 Å². The van der Waals surface area contributed by atoms with Crippen LogP contribution >= 0.6 is 22.6 Å². The number of fused-ring (bicyclic) bond motifs is 1. The van der Waals surface area contributed by atoms with Crippen LogP contribution in [0.4, 0.5) is 4.79 Å². The van der Waals surface area contributed by atoms with Crippen LogP contribution in [-0.4, -0.2) is 73.8 Å². The highest BCUT2D eigenvalue weighted by molar-refractivity contribution is 14.1. The molecule has 3 aromatic rings. The van der Waals surface area contributed by atoms with Crippen LogP contribution in [0, 0.1) is 15.4 Å². The van der Waals surface area contributed by atoms with E-state index in [0.717, 1.165) is 91.8 Å². The van der Waals surface area contributed by atoms with Crippen LogP contribution in [0.15, 0.2) is 59.0 Å². The SMILES string of the molecule is O=C(NC1(C(=O)N[C@H](Cc2ccccc2)C(=O)NCC2CCN(CC3CCOCC3)CC2)CCCC1)Oc1cc2cc(I)ccc2o1. The molecular weight excluding hydrogens is 711 g/mol. The average Bonchev–Trinajstić information content (AvgIpc) is 3.72. The number of piperidine rings is 1. The van der Waals surface area contributed by atoms with Gasteiger partial charge in [0.2, 0.25) is 11.8 Å². The number of likely N-dealkylation sites (tertiary alicyclic amines) is 1. The Hall–Kier alpha value is -3.16. The van der Waals surface area contributed by atoms with Gasteiger partial charge in [-0.2, -0.15) is 0 Å². The Bertz CT molecular complexity index is 1510. The van der Waals surface area contributed by atoms with Crippen LogP contribution in [0.25, 0.3) is 11.0 Å². The Labute approximate surface area is 289 Å². The number of nitrogens with zero attached hydrogens (tertiary/aromatic N) is 1. The lowest BCUT2D eigenvalue weighted by Crippen LogP contribution is -2.61. The number of amides is 3. The number of halogens is 1. The molecule has 3 aliphatic rings. The van der Waals surface area contributed by atoms with Gasteiger partial charge in [0, 0.05) is 47.7 Å². The molecular formula is C36H45IN4O6. The summed E-state index contributed by atoms with van der Waals surface area (Å²) in [7, 11) is 0. The molecule has 1 aliphatic carbocycles. The van der Waals surface area contributed by atoms with E-state index in [4.69, 9.17) is 13.9 Å². The molecule has 2 aromatic carbocycles. The second-order valence-corrected chi connectivity index (χ2v) is 14.6. The third-order valence-corrected chi connectivity index (χ3v) is 10.6. The molecule has 0 spiro atoms. The molecule has 47 heavy (non-hydrogen) atoms. The lowest BCUT2D eigenvalue weighted by atomic mass is 9.93. The first kappa shape index (κ1) is 33.7. The maximum Gasteiger partial charge on any atom is 0.415 e. The quantitative estimate of drug-likeness (QED) is 0.224. The molecule has 0 unspecified atom stereocenters. The van der Waals surface area contributed by atoms with Gasteiger partial charge in [0.15, 0.2) is 0 Å². The van der Waals surface area contributed by atoms with Gasteiger partial charge in [-0.15, -0.1) is 0 Å². The van der Waals surface area contributed by atoms with Crippen LogP contribution < -0.4 is 20.7 Å². The summed E-state index contributed by atoms with van der Waals surface area (Å²) in [6, 6.07) is 16.2. The van der Waals surface area contributed by atoms with Crippen molar-refractivity contribution >= 4 is 51.5 Å². The van der Waals surface area contributed by atoms with Crippen molar-refractivity contribution in [3.63, 3.8) is 0 Å². The van der Waals surface area contributed by atoms with Crippen molar-refractivity contribution in [3.05, 3.63) is 63.7 Å². The van der Waals surface area contributed by atoms with Gasteiger partial charge in [0.05, 0.1) is 0 Å². The first-order valence-electron chi connectivity index (χ1n) is 17.0. The first-order valence-corrected chi connectivity index (χ1v) is 18.0. The van der Waals surface area contributed by atoms with E-state index >= 15 is 0 Å². The molecule has 3 N–H and O–H groups in total. The molecule has 1 saturated carbocycles. The van der Waals surface area contributed by atoms with Crippen molar-refractivity contribution in [1.82, 2.24) is 20.9 Å². The van der Waals surface area contributed by atoms with E-state index < -0.39 is 17.7 Å². The lowest BCUT2D eigenvalue weighted by Gasteiger charge is -2.35. The minimum atomic E-state index is -1.18. The molecule has 6 rings (SSSR count). The summed E-state index contributed by atoms with van der Waals surface area (Å²) >= 11 is 2.21. The molecule has 3 heterocycles. The summed E-state index contributed by atoms with van der Waals surface area (Å²) < 4.78 is 17.7. The number of nitrogens with one attached hydrogen (secondary N) is 3. The smallest absolute Gasteiger partial charge is 0.415 e. The van der Waals surface area contributed by atoms with Crippen LogP contribution in [0.3, 0.4) is 0 Å². The van der Waals surface area contributed by atoms with E-state index in [1.54, 1.807) is 6.07 Å². The molecule has 1 aromatic heterocycles. The predicted molar refractivity (Wildman–Crippen MR) is 187 cm³/mol. The molecule has 1 atom stereocenters. The van der Waals surface area contributed by atoms with Crippen molar-refractivity contribution in [3.8, 4) is 5.95 Å². The minimum Gasteiger partial charge on any atom is -0.425 e. The van der Waals surface area contributed by atoms with Crippen molar-refractivity contribution in [2.24, 2.45) is 11.8 Å². The van der Waals surface area contributed by atoms with E-state index in [-0.39, 0.29) is 17.8 Å². The van der Waals surface area contributed by atoms with E-state index in [2.05, 4.69) is 43.4 Å². The van der Waals surface area contributed by atoms with Crippen LogP contribution in [0.2, 0.25) is 0 Å². The maximum absolute atomic E-state index is 13.9. The summed E-state index contributed by atoms with van der Waals surface area (Å²) in [6.45, 7) is 5.54. The zero-order chi connectivity index (χ0) is 32.6. The van der Waals surface area contributed by atoms with Gasteiger partial charge in [0.1, 0.15) is 17.2 Å². The van der Waals surface area contributed by atoms with Gasteiger partial charge in [-0.25, -0.2) is 4.79 Å². The Balaban J connectivity index is 1.06. The number of carbonyl (C=O) groups excluding carboxylic acids is 3. The first-order chi connectivity index (χ1) is 22.8. The number of rotatable bonds is 11. The van der Waals surface area contributed by atoms with Crippen LogP contribution in [-0.2, 0) is 20.7 Å². The molecule has 2 aliphatic heterocycles. The number of ether oxygens (including phenoxy) is 2.